The molecule has 3 rings (SSSR count). The molecule has 0 bridgehead atoms. The number of aryl methyl sites for hydroxylation is 1. The van der Waals surface area contributed by atoms with Crippen molar-refractivity contribution in [3.05, 3.63) is 52.2 Å². The zero-order valence-electron chi connectivity index (χ0n) is 13.5. The molecule has 1 heterocycles. The molecule has 0 amide bonds. The summed E-state index contributed by atoms with van der Waals surface area (Å²) in [4.78, 5) is 12.3. The van der Waals surface area contributed by atoms with E-state index in [4.69, 9.17) is 9.15 Å². The van der Waals surface area contributed by atoms with E-state index in [1.165, 1.54) is 12.1 Å². The number of hydrogen-bond acceptors (Lipinski definition) is 5. The third-order valence-electron chi connectivity index (χ3n) is 3.88. The monoisotopic (exact) mass is 326 g/mol. The smallest absolute Gasteiger partial charge is 0.197 e. The highest BCUT2D eigenvalue weighted by molar-refractivity contribution is 5.86. The standard InChI is InChI=1S/C19H18O5/c1-3-4-11-7-12(5-6-16(11)23-2)17-10-15(22)19-14(21)8-13(20)9-18(19)24-17/h5-10,20-21H,3-4H2,1-2H3. The Morgan fingerprint density at radius 2 is 1.92 bits per heavy atom. The van der Waals surface area contributed by atoms with Crippen LogP contribution in [0, 0.1) is 0 Å². The van der Waals surface area contributed by atoms with Crippen LogP contribution in [0.4, 0.5) is 0 Å². The fraction of sp³-hybridized carbons (Fsp3) is 0.211. The molecular formula is C19H18O5. The maximum atomic E-state index is 12.3. The number of benzene rings is 2. The van der Waals surface area contributed by atoms with E-state index in [0.717, 1.165) is 35.8 Å². The van der Waals surface area contributed by atoms with E-state index in [-0.39, 0.29) is 27.9 Å². The Balaban J connectivity index is 2.19. The van der Waals surface area contributed by atoms with E-state index < -0.39 is 0 Å². The van der Waals surface area contributed by atoms with Gasteiger partial charge in [-0.15, -0.1) is 0 Å². The average Bonchev–Trinajstić information content (AvgIpc) is 2.54. The second kappa shape index (κ2) is 6.28. The Morgan fingerprint density at radius 1 is 1.12 bits per heavy atom. The molecule has 0 atom stereocenters. The summed E-state index contributed by atoms with van der Waals surface area (Å²) in [5.41, 5.74) is 1.54. The van der Waals surface area contributed by atoms with E-state index in [9.17, 15) is 15.0 Å². The van der Waals surface area contributed by atoms with E-state index in [1.54, 1.807) is 7.11 Å². The van der Waals surface area contributed by atoms with Crippen molar-refractivity contribution < 1.29 is 19.4 Å². The maximum absolute atomic E-state index is 12.3. The van der Waals surface area contributed by atoms with Gasteiger partial charge in [-0.25, -0.2) is 0 Å². The van der Waals surface area contributed by atoms with Gasteiger partial charge in [0.2, 0.25) is 0 Å². The molecule has 1 aromatic heterocycles. The summed E-state index contributed by atoms with van der Waals surface area (Å²) in [6.45, 7) is 2.08. The zero-order valence-corrected chi connectivity index (χ0v) is 13.5. The van der Waals surface area contributed by atoms with Gasteiger partial charge in [-0.1, -0.05) is 13.3 Å². The van der Waals surface area contributed by atoms with Gasteiger partial charge in [0.05, 0.1) is 7.11 Å². The van der Waals surface area contributed by atoms with Gasteiger partial charge in [-0.05, 0) is 30.2 Å². The first-order valence-electron chi connectivity index (χ1n) is 7.70. The number of hydrogen-bond donors (Lipinski definition) is 2. The molecule has 3 aromatic rings. The summed E-state index contributed by atoms with van der Waals surface area (Å²) in [5.74, 6) is 0.699. The lowest BCUT2D eigenvalue weighted by Gasteiger charge is -2.10. The lowest BCUT2D eigenvalue weighted by Crippen LogP contribution is -2.01. The normalized spacial score (nSPS) is 10.9. The minimum absolute atomic E-state index is 0.0545. The van der Waals surface area contributed by atoms with Gasteiger partial charge in [0, 0.05) is 23.8 Å². The summed E-state index contributed by atoms with van der Waals surface area (Å²) in [7, 11) is 1.62. The number of methoxy groups -OCH3 is 1. The molecule has 124 valence electrons. The van der Waals surface area contributed by atoms with E-state index in [2.05, 4.69) is 6.92 Å². The highest BCUT2D eigenvalue weighted by Gasteiger charge is 2.13. The molecule has 2 N–H and O–H groups in total. The fourth-order valence-electron chi connectivity index (χ4n) is 2.79. The lowest BCUT2D eigenvalue weighted by atomic mass is 10.0. The number of phenols is 2. The SMILES string of the molecule is CCCc1cc(-c2cc(=O)c3c(O)cc(O)cc3o2)ccc1OC. The number of fused-ring (bicyclic) bond motifs is 1. The summed E-state index contributed by atoms with van der Waals surface area (Å²) < 4.78 is 11.1. The number of ether oxygens (including phenoxy) is 1. The summed E-state index contributed by atoms with van der Waals surface area (Å²) in [6, 6.07) is 9.35. The van der Waals surface area contributed by atoms with E-state index >= 15 is 0 Å². The van der Waals surface area contributed by atoms with Crippen LogP contribution in [0.5, 0.6) is 17.2 Å². The number of phenolic OH excluding ortho intramolecular Hbond substituents is 2. The predicted octanol–water partition coefficient (Wildman–Crippen LogP) is 3.83. The molecule has 24 heavy (non-hydrogen) atoms. The summed E-state index contributed by atoms with van der Waals surface area (Å²) in [5, 5.41) is 19.5. The first-order valence-corrected chi connectivity index (χ1v) is 7.70. The lowest BCUT2D eigenvalue weighted by molar-refractivity contribution is 0.409. The molecule has 0 aliphatic heterocycles. The molecule has 0 aliphatic carbocycles. The Morgan fingerprint density at radius 3 is 2.62 bits per heavy atom. The van der Waals surface area contributed by atoms with E-state index in [0.29, 0.717) is 5.76 Å². The zero-order chi connectivity index (χ0) is 17.3. The van der Waals surface area contributed by atoms with Gasteiger partial charge in [0.1, 0.15) is 34.0 Å². The van der Waals surface area contributed by atoms with Crippen molar-refractivity contribution in [3.8, 4) is 28.6 Å². The topological polar surface area (TPSA) is 79.9 Å². The minimum Gasteiger partial charge on any atom is -0.508 e. The van der Waals surface area contributed by atoms with Crippen LogP contribution < -0.4 is 10.2 Å². The highest BCUT2D eigenvalue weighted by Crippen LogP contribution is 2.32. The molecule has 0 spiro atoms. The van der Waals surface area contributed by atoms with Gasteiger partial charge in [0.15, 0.2) is 5.43 Å². The van der Waals surface area contributed by atoms with Crippen LogP contribution in [0.1, 0.15) is 18.9 Å². The minimum atomic E-state index is -0.364. The predicted molar refractivity (Wildman–Crippen MR) is 91.8 cm³/mol. The van der Waals surface area contributed by atoms with Gasteiger partial charge >= 0.3 is 0 Å². The molecule has 5 nitrogen and oxygen atoms in total. The van der Waals surface area contributed by atoms with Crippen LogP contribution in [0.3, 0.4) is 0 Å². The Hall–Kier alpha value is -2.95. The average molecular weight is 326 g/mol. The van der Waals surface area contributed by atoms with Crippen LogP contribution >= 0.6 is 0 Å². The molecule has 0 radical (unpaired) electrons. The quantitative estimate of drug-likeness (QED) is 0.761. The van der Waals surface area contributed by atoms with Crippen molar-refractivity contribution in [2.24, 2.45) is 0 Å². The molecule has 2 aromatic carbocycles. The molecule has 0 unspecified atom stereocenters. The molecule has 5 heteroatoms. The maximum Gasteiger partial charge on any atom is 0.197 e. The van der Waals surface area contributed by atoms with Crippen LogP contribution in [0.25, 0.3) is 22.3 Å². The van der Waals surface area contributed by atoms with E-state index in [1.807, 2.05) is 18.2 Å². The number of aromatic hydroxyl groups is 2. The summed E-state index contributed by atoms with van der Waals surface area (Å²) >= 11 is 0. The fourth-order valence-corrected chi connectivity index (χ4v) is 2.79. The summed E-state index contributed by atoms with van der Waals surface area (Å²) in [6.07, 6.45) is 1.81. The van der Waals surface area contributed by atoms with Crippen LogP contribution in [-0.2, 0) is 6.42 Å². The third-order valence-corrected chi connectivity index (χ3v) is 3.88. The van der Waals surface area contributed by atoms with Crippen LogP contribution in [0.2, 0.25) is 0 Å². The van der Waals surface area contributed by atoms with Crippen molar-refractivity contribution in [3.63, 3.8) is 0 Å². The van der Waals surface area contributed by atoms with Gasteiger partial charge in [-0.2, -0.15) is 0 Å². The van der Waals surface area contributed by atoms with Crippen LogP contribution in [-0.4, -0.2) is 17.3 Å². The van der Waals surface area contributed by atoms with Gasteiger partial charge in [0.25, 0.3) is 0 Å². The second-order valence-corrected chi connectivity index (χ2v) is 5.59. The third kappa shape index (κ3) is 2.80. The highest BCUT2D eigenvalue weighted by atomic mass is 16.5. The Bertz CT molecular complexity index is 956. The first-order chi connectivity index (χ1) is 11.5. The number of rotatable bonds is 4. The molecular weight excluding hydrogens is 308 g/mol. The van der Waals surface area contributed by atoms with Crippen LogP contribution in [0.15, 0.2) is 45.6 Å². The molecule has 0 saturated carbocycles. The van der Waals surface area contributed by atoms with Gasteiger partial charge < -0.3 is 19.4 Å². The van der Waals surface area contributed by atoms with Crippen molar-refractivity contribution in [1.82, 2.24) is 0 Å². The van der Waals surface area contributed by atoms with Crippen molar-refractivity contribution in [1.29, 1.82) is 0 Å². The molecule has 0 aliphatic rings. The van der Waals surface area contributed by atoms with Crippen molar-refractivity contribution >= 4 is 11.0 Å². The van der Waals surface area contributed by atoms with Crippen molar-refractivity contribution in [2.75, 3.05) is 7.11 Å². The van der Waals surface area contributed by atoms with Crippen molar-refractivity contribution in [2.45, 2.75) is 19.8 Å². The molecule has 0 fully saturated rings. The molecule has 0 saturated heterocycles. The van der Waals surface area contributed by atoms with Gasteiger partial charge in [-0.3, -0.25) is 4.79 Å². The Kier molecular flexibility index (Phi) is 4.16. The largest absolute Gasteiger partial charge is 0.508 e. The Labute approximate surface area is 138 Å². The second-order valence-electron chi connectivity index (χ2n) is 5.59. The first kappa shape index (κ1) is 15.9.